The second-order valence-electron chi connectivity index (χ2n) is 5.44. The zero-order chi connectivity index (χ0) is 16.4. The molecule has 0 fully saturated rings. The standard InChI is InChI=1S/C18H15ClN2O2/c19-17-14-9-5-4-8-13(14)15(11-20)21(18(17)23)16(22)10-12-6-2-1-3-7-12/h1-9,15,17-18,23H,10H2/t15-,17-,18-/m1/s1. The fourth-order valence-corrected chi connectivity index (χ4v) is 3.22. The number of aliphatic hydroxyl groups excluding tert-OH is 1. The van der Waals surface area contributed by atoms with Gasteiger partial charge in [0.1, 0.15) is 11.4 Å². The van der Waals surface area contributed by atoms with Crippen LogP contribution in [0.5, 0.6) is 0 Å². The lowest BCUT2D eigenvalue weighted by molar-refractivity contribution is -0.144. The van der Waals surface area contributed by atoms with Crippen LogP contribution in [-0.2, 0) is 11.2 Å². The summed E-state index contributed by atoms with van der Waals surface area (Å²) in [6, 6.07) is 17.6. The minimum absolute atomic E-state index is 0.113. The lowest BCUT2D eigenvalue weighted by Gasteiger charge is -2.40. The van der Waals surface area contributed by atoms with E-state index >= 15 is 0 Å². The number of fused-ring (bicyclic) bond motifs is 1. The molecule has 2 aromatic rings. The van der Waals surface area contributed by atoms with Gasteiger partial charge in [-0.3, -0.25) is 9.69 Å². The second-order valence-corrected chi connectivity index (χ2v) is 5.91. The highest BCUT2D eigenvalue weighted by Gasteiger charge is 2.41. The first-order valence-corrected chi connectivity index (χ1v) is 7.73. The van der Waals surface area contributed by atoms with Gasteiger partial charge < -0.3 is 5.11 Å². The van der Waals surface area contributed by atoms with Gasteiger partial charge in [0.05, 0.1) is 12.5 Å². The van der Waals surface area contributed by atoms with Crippen molar-refractivity contribution < 1.29 is 9.90 Å². The first-order chi connectivity index (χ1) is 11.1. The Bertz CT molecular complexity index is 757. The fraction of sp³-hybridized carbons (Fsp3) is 0.222. The number of nitriles is 1. The number of rotatable bonds is 2. The monoisotopic (exact) mass is 326 g/mol. The van der Waals surface area contributed by atoms with E-state index < -0.39 is 17.6 Å². The average Bonchev–Trinajstić information content (AvgIpc) is 2.58. The predicted octanol–water partition coefficient (Wildman–Crippen LogP) is 2.93. The molecule has 1 heterocycles. The summed E-state index contributed by atoms with van der Waals surface area (Å²) in [5, 5.41) is 19.2. The van der Waals surface area contributed by atoms with Crippen LogP contribution in [0, 0.1) is 11.3 Å². The number of amides is 1. The molecule has 116 valence electrons. The van der Waals surface area contributed by atoms with Crippen LogP contribution in [0.4, 0.5) is 0 Å². The van der Waals surface area contributed by atoms with Crippen molar-refractivity contribution >= 4 is 17.5 Å². The number of aliphatic hydroxyl groups is 1. The van der Waals surface area contributed by atoms with Crippen LogP contribution in [-0.4, -0.2) is 22.1 Å². The van der Waals surface area contributed by atoms with Crippen molar-refractivity contribution in [3.8, 4) is 6.07 Å². The highest BCUT2D eigenvalue weighted by atomic mass is 35.5. The maximum atomic E-state index is 12.7. The number of hydrogen-bond acceptors (Lipinski definition) is 3. The third-order valence-corrected chi connectivity index (χ3v) is 4.48. The number of carbonyl (C=O) groups is 1. The molecule has 0 aliphatic carbocycles. The Hall–Kier alpha value is -2.35. The molecule has 5 heteroatoms. The lowest BCUT2D eigenvalue weighted by Crippen LogP contribution is -2.48. The van der Waals surface area contributed by atoms with Crippen molar-refractivity contribution in [3.63, 3.8) is 0 Å². The smallest absolute Gasteiger partial charge is 0.230 e. The normalized spacial score (nSPS) is 23.0. The van der Waals surface area contributed by atoms with Gasteiger partial charge in [-0.05, 0) is 16.7 Å². The highest BCUT2D eigenvalue weighted by Crippen LogP contribution is 2.41. The predicted molar refractivity (Wildman–Crippen MR) is 86.4 cm³/mol. The summed E-state index contributed by atoms with van der Waals surface area (Å²) in [6.07, 6.45) is -1.12. The van der Waals surface area contributed by atoms with E-state index in [4.69, 9.17) is 11.6 Å². The number of nitrogens with zero attached hydrogens (tertiary/aromatic N) is 2. The Morgan fingerprint density at radius 1 is 1.13 bits per heavy atom. The molecular formula is C18H15ClN2O2. The van der Waals surface area contributed by atoms with Crippen molar-refractivity contribution in [2.24, 2.45) is 0 Å². The van der Waals surface area contributed by atoms with Crippen LogP contribution in [0.3, 0.4) is 0 Å². The van der Waals surface area contributed by atoms with Gasteiger partial charge in [0.15, 0.2) is 6.23 Å². The van der Waals surface area contributed by atoms with Crippen LogP contribution in [0.15, 0.2) is 54.6 Å². The summed E-state index contributed by atoms with van der Waals surface area (Å²) in [4.78, 5) is 13.8. The average molecular weight is 327 g/mol. The SMILES string of the molecule is N#C[C@@H]1c2ccccc2[C@@H](Cl)[C@@H](O)N1C(=O)Cc1ccccc1. The Balaban J connectivity index is 1.95. The van der Waals surface area contributed by atoms with Gasteiger partial charge in [0, 0.05) is 0 Å². The number of hydrogen-bond donors (Lipinski definition) is 1. The number of carbonyl (C=O) groups excluding carboxylic acids is 1. The molecule has 1 amide bonds. The largest absolute Gasteiger partial charge is 0.372 e. The molecule has 1 aliphatic heterocycles. The first-order valence-electron chi connectivity index (χ1n) is 7.29. The fourth-order valence-electron chi connectivity index (χ4n) is 2.90. The lowest BCUT2D eigenvalue weighted by atomic mass is 9.91. The molecule has 0 saturated carbocycles. The molecule has 0 unspecified atom stereocenters. The van der Waals surface area contributed by atoms with Gasteiger partial charge >= 0.3 is 0 Å². The van der Waals surface area contributed by atoms with Crippen LogP contribution >= 0.6 is 11.6 Å². The van der Waals surface area contributed by atoms with E-state index in [1.165, 1.54) is 4.90 Å². The van der Waals surface area contributed by atoms with E-state index in [2.05, 4.69) is 6.07 Å². The minimum atomic E-state index is -1.23. The summed E-state index contributed by atoms with van der Waals surface area (Å²) < 4.78 is 0. The van der Waals surface area contributed by atoms with Crippen molar-refractivity contribution in [2.75, 3.05) is 0 Å². The molecule has 0 bridgehead atoms. The molecule has 23 heavy (non-hydrogen) atoms. The van der Waals surface area contributed by atoms with Gasteiger partial charge in [0.25, 0.3) is 0 Å². The molecular weight excluding hydrogens is 312 g/mol. The van der Waals surface area contributed by atoms with Gasteiger partial charge in [0.2, 0.25) is 5.91 Å². The molecule has 0 saturated heterocycles. The van der Waals surface area contributed by atoms with Gasteiger partial charge in [-0.1, -0.05) is 54.6 Å². The maximum absolute atomic E-state index is 12.7. The highest BCUT2D eigenvalue weighted by molar-refractivity contribution is 6.21. The summed E-state index contributed by atoms with van der Waals surface area (Å²) in [5.74, 6) is -0.324. The van der Waals surface area contributed by atoms with Crippen LogP contribution in [0.2, 0.25) is 0 Å². The van der Waals surface area contributed by atoms with E-state index in [0.29, 0.717) is 11.1 Å². The Kier molecular flexibility index (Phi) is 4.33. The topological polar surface area (TPSA) is 64.3 Å². The van der Waals surface area contributed by atoms with E-state index in [0.717, 1.165) is 5.56 Å². The molecule has 0 spiro atoms. The molecule has 4 nitrogen and oxygen atoms in total. The summed E-state index contributed by atoms with van der Waals surface area (Å²) in [7, 11) is 0. The van der Waals surface area contributed by atoms with E-state index in [1.807, 2.05) is 30.3 Å². The number of benzene rings is 2. The second kappa shape index (κ2) is 6.41. The summed E-state index contributed by atoms with van der Waals surface area (Å²) in [6.45, 7) is 0. The third kappa shape index (κ3) is 2.81. The molecule has 3 rings (SSSR count). The molecule has 3 atom stereocenters. The molecule has 1 N–H and O–H groups in total. The maximum Gasteiger partial charge on any atom is 0.230 e. The van der Waals surface area contributed by atoms with Crippen molar-refractivity contribution in [3.05, 3.63) is 71.3 Å². The van der Waals surface area contributed by atoms with Crippen molar-refractivity contribution in [2.45, 2.75) is 24.1 Å². The quantitative estimate of drug-likeness (QED) is 0.863. The van der Waals surface area contributed by atoms with Crippen LogP contribution in [0.1, 0.15) is 28.1 Å². The zero-order valence-corrected chi connectivity index (χ0v) is 13.0. The number of alkyl halides is 1. The molecule has 2 aromatic carbocycles. The Morgan fingerprint density at radius 3 is 2.39 bits per heavy atom. The molecule has 0 aromatic heterocycles. The van der Waals surface area contributed by atoms with Crippen molar-refractivity contribution in [1.82, 2.24) is 4.90 Å². The van der Waals surface area contributed by atoms with E-state index in [-0.39, 0.29) is 12.3 Å². The molecule has 0 radical (unpaired) electrons. The van der Waals surface area contributed by atoms with Crippen LogP contribution in [0.25, 0.3) is 0 Å². The van der Waals surface area contributed by atoms with Gasteiger partial charge in [-0.2, -0.15) is 5.26 Å². The first kappa shape index (κ1) is 15.5. The molecule has 1 aliphatic rings. The third-order valence-electron chi connectivity index (χ3n) is 4.02. The van der Waals surface area contributed by atoms with E-state index in [9.17, 15) is 15.2 Å². The Morgan fingerprint density at radius 2 is 1.74 bits per heavy atom. The number of halogens is 1. The van der Waals surface area contributed by atoms with Crippen LogP contribution < -0.4 is 0 Å². The van der Waals surface area contributed by atoms with Gasteiger partial charge in [-0.15, -0.1) is 11.6 Å². The summed E-state index contributed by atoms with van der Waals surface area (Å²) >= 11 is 6.31. The Labute approximate surface area is 139 Å². The summed E-state index contributed by atoms with van der Waals surface area (Å²) in [5.41, 5.74) is 2.19. The minimum Gasteiger partial charge on any atom is -0.372 e. The van der Waals surface area contributed by atoms with Gasteiger partial charge in [-0.25, -0.2) is 0 Å². The zero-order valence-electron chi connectivity index (χ0n) is 12.3. The van der Waals surface area contributed by atoms with E-state index in [1.54, 1.807) is 24.3 Å². The van der Waals surface area contributed by atoms with Crippen molar-refractivity contribution in [1.29, 1.82) is 5.26 Å².